The monoisotopic (exact) mass is 132 g/mol. The number of hydrogen-bond donors (Lipinski definition) is 2. The van der Waals surface area contributed by atoms with E-state index in [0.29, 0.717) is 6.04 Å². The van der Waals surface area contributed by atoms with Gasteiger partial charge in [-0.1, -0.05) is 11.9 Å². The van der Waals surface area contributed by atoms with E-state index >= 15 is 0 Å². The Hall–Kier alpha value is 0.270. The average molecular weight is 132 g/mol. The second-order valence-corrected chi connectivity index (χ2v) is 2.66. The second-order valence-electron chi connectivity index (χ2n) is 2.01. The van der Waals surface area contributed by atoms with Crippen LogP contribution in [0.15, 0.2) is 0 Å². The predicted molar refractivity (Wildman–Crippen MR) is 37.9 cm³/mol. The zero-order valence-electron chi connectivity index (χ0n) is 5.11. The first-order valence-corrected chi connectivity index (χ1v) is 4.15. The normalized spacial score (nSPS) is 28.9. The van der Waals surface area contributed by atoms with Crippen LogP contribution in [0.2, 0.25) is 0 Å². The highest BCUT2D eigenvalue weighted by Gasteiger charge is 2.11. The van der Waals surface area contributed by atoms with E-state index in [1.807, 2.05) is 0 Å². The third-order valence-corrected chi connectivity index (χ3v) is 1.91. The van der Waals surface area contributed by atoms with Gasteiger partial charge in [0, 0.05) is 12.6 Å². The first-order chi connectivity index (χ1) is 3.93. The Kier molecular flexibility index (Phi) is 2.66. The van der Waals surface area contributed by atoms with Crippen LogP contribution < -0.4 is 10.0 Å². The molecule has 0 aromatic rings. The highest BCUT2D eigenvalue weighted by atomic mass is 32.2. The van der Waals surface area contributed by atoms with Crippen molar-refractivity contribution < 1.29 is 0 Å². The van der Waals surface area contributed by atoms with Crippen molar-refractivity contribution in [3.63, 3.8) is 0 Å². The van der Waals surface area contributed by atoms with Crippen molar-refractivity contribution in [2.24, 2.45) is 0 Å². The molecule has 0 aliphatic carbocycles. The van der Waals surface area contributed by atoms with Gasteiger partial charge < -0.3 is 5.32 Å². The molecule has 0 aromatic heterocycles. The summed E-state index contributed by atoms with van der Waals surface area (Å²) < 4.78 is 3.30. The first-order valence-electron chi connectivity index (χ1n) is 2.92. The molecular formula is C5H12N2S. The molecule has 1 unspecified atom stereocenters. The number of nitrogens with one attached hydrogen (secondary N) is 2. The minimum atomic E-state index is 0.713. The molecule has 2 nitrogen and oxygen atoms in total. The lowest BCUT2D eigenvalue weighted by Gasteiger charge is -2.05. The van der Waals surface area contributed by atoms with E-state index in [2.05, 4.69) is 16.3 Å². The zero-order chi connectivity index (χ0) is 5.82. The van der Waals surface area contributed by atoms with E-state index in [0.717, 1.165) is 6.54 Å². The molecule has 0 radical (unpaired) electrons. The summed E-state index contributed by atoms with van der Waals surface area (Å²) in [6.45, 7) is 2.32. The second kappa shape index (κ2) is 3.33. The molecule has 3 heteroatoms. The van der Waals surface area contributed by atoms with Gasteiger partial charge in [-0.25, -0.2) is 0 Å². The van der Waals surface area contributed by atoms with E-state index < -0.39 is 0 Å². The van der Waals surface area contributed by atoms with Gasteiger partial charge in [0.25, 0.3) is 0 Å². The van der Waals surface area contributed by atoms with Crippen LogP contribution in [0.5, 0.6) is 0 Å². The summed E-state index contributed by atoms with van der Waals surface area (Å²) in [6.07, 6.45) is 3.35. The fourth-order valence-corrected chi connectivity index (χ4v) is 1.46. The van der Waals surface area contributed by atoms with Gasteiger partial charge in [0.1, 0.15) is 0 Å². The van der Waals surface area contributed by atoms with Crippen molar-refractivity contribution >= 4 is 11.9 Å². The van der Waals surface area contributed by atoms with Crippen LogP contribution in [0.4, 0.5) is 0 Å². The van der Waals surface area contributed by atoms with Gasteiger partial charge in [0.2, 0.25) is 0 Å². The summed E-state index contributed by atoms with van der Waals surface area (Å²) in [5.41, 5.74) is 0. The molecule has 1 atom stereocenters. The van der Waals surface area contributed by atoms with Crippen LogP contribution in [-0.4, -0.2) is 25.4 Å². The Labute approximate surface area is 54.6 Å². The first kappa shape index (κ1) is 6.39. The Bertz CT molecular complexity index is 61.4. The molecule has 0 amide bonds. The van der Waals surface area contributed by atoms with Crippen LogP contribution in [0.3, 0.4) is 0 Å². The van der Waals surface area contributed by atoms with E-state index in [4.69, 9.17) is 0 Å². The fraction of sp³-hybridized carbons (Fsp3) is 1.00. The van der Waals surface area contributed by atoms with Gasteiger partial charge in [0.15, 0.2) is 0 Å². The van der Waals surface area contributed by atoms with Crippen molar-refractivity contribution in [3.8, 4) is 0 Å². The van der Waals surface area contributed by atoms with Crippen LogP contribution >= 0.6 is 11.9 Å². The van der Waals surface area contributed by atoms with Crippen LogP contribution in [0.25, 0.3) is 0 Å². The molecule has 1 aliphatic heterocycles. The van der Waals surface area contributed by atoms with Crippen LogP contribution in [0.1, 0.15) is 6.42 Å². The highest BCUT2D eigenvalue weighted by Crippen LogP contribution is 1.99. The summed E-state index contributed by atoms with van der Waals surface area (Å²) in [5.74, 6) is 0. The van der Waals surface area contributed by atoms with Gasteiger partial charge in [-0.05, 0) is 19.2 Å². The van der Waals surface area contributed by atoms with E-state index in [9.17, 15) is 0 Å². The number of hydrogen-bond acceptors (Lipinski definition) is 3. The number of rotatable bonds is 2. The third kappa shape index (κ3) is 1.65. The quantitative estimate of drug-likeness (QED) is 0.525. The SMILES string of the molecule is CSNC1CCNC1. The van der Waals surface area contributed by atoms with E-state index in [1.54, 1.807) is 11.9 Å². The molecule has 8 heavy (non-hydrogen) atoms. The van der Waals surface area contributed by atoms with Crippen LogP contribution in [0, 0.1) is 0 Å². The minimum absolute atomic E-state index is 0.713. The standard InChI is InChI=1S/C5H12N2S/c1-8-7-5-2-3-6-4-5/h5-7H,2-4H2,1H3. The topological polar surface area (TPSA) is 24.1 Å². The van der Waals surface area contributed by atoms with Gasteiger partial charge in [0.05, 0.1) is 0 Å². The molecule has 0 saturated carbocycles. The van der Waals surface area contributed by atoms with Gasteiger partial charge in [-0.15, -0.1) is 0 Å². The maximum atomic E-state index is 3.30. The van der Waals surface area contributed by atoms with Crippen molar-refractivity contribution in [2.75, 3.05) is 19.3 Å². The molecule has 48 valence electrons. The van der Waals surface area contributed by atoms with Gasteiger partial charge >= 0.3 is 0 Å². The van der Waals surface area contributed by atoms with Crippen molar-refractivity contribution in [1.82, 2.24) is 10.0 Å². The van der Waals surface area contributed by atoms with Gasteiger partial charge in [-0.2, -0.15) is 0 Å². The van der Waals surface area contributed by atoms with Crippen LogP contribution in [-0.2, 0) is 0 Å². The summed E-state index contributed by atoms with van der Waals surface area (Å²) in [7, 11) is 0. The molecule has 1 rings (SSSR count). The Balaban J connectivity index is 2.06. The summed E-state index contributed by atoms with van der Waals surface area (Å²) >= 11 is 1.71. The summed E-state index contributed by atoms with van der Waals surface area (Å²) in [5, 5.41) is 3.28. The van der Waals surface area contributed by atoms with Crippen molar-refractivity contribution in [2.45, 2.75) is 12.5 Å². The molecule has 1 aliphatic rings. The van der Waals surface area contributed by atoms with E-state index in [-0.39, 0.29) is 0 Å². The lowest BCUT2D eigenvalue weighted by molar-refractivity contribution is 0.694. The Morgan fingerprint density at radius 3 is 3.12 bits per heavy atom. The smallest absolute Gasteiger partial charge is 0.0308 e. The van der Waals surface area contributed by atoms with Crippen molar-refractivity contribution in [1.29, 1.82) is 0 Å². The molecule has 0 aromatic carbocycles. The largest absolute Gasteiger partial charge is 0.315 e. The molecule has 1 heterocycles. The third-order valence-electron chi connectivity index (χ3n) is 1.34. The molecular weight excluding hydrogens is 120 g/mol. The maximum Gasteiger partial charge on any atom is 0.0308 e. The minimum Gasteiger partial charge on any atom is -0.315 e. The lowest BCUT2D eigenvalue weighted by atomic mass is 10.3. The molecule has 0 spiro atoms. The van der Waals surface area contributed by atoms with Crippen molar-refractivity contribution in [3.05, 3.63) is 0 Å². The van der Waals surface area contributed by atoms with Gasteiger partial charge in [-0.3, -0.25) is 4.72 Å². The Morgan fingerprint density at radius 1 is 1.75 bits per heavy atom. The average Bonchev–Trinajstić information content (AvgIpc) is 2.19. The summed E-state index contributed by atoms with van der Waals surface area (Å²) in [4.78, 5) is 0. The zero-order valence-corrected chi connectivity index (χ0v) is 5.92. The predicted octanol–water partition coefficient (Wildman–Crippen LogP) is 0.216. The summed E-state index contributed by atoms with van der Waals surface area (Å²) in [6, 6.07) is 0.713. The highest BCUT2D eigenvalue weighted by molar-refractivity contribution is 7.96. The molecule has 1 saturated heterocycles. The molecule has 0 bridgehead atoms. The molecule has 1 fully saturated rings. The lowest BCUT2D eigenvalue weighted by Crippen LogP contribution is -2.24. The fourth-order valence-electron chi connectivity index (χ4n) is 0.922. The maximum absolute atomic E-state index is 3.30. The Morgan fingerprint density at radius 2 is 2.62 bits per heavy atom. The molecule has 2 N–H and O–H groups in total. The van der Waals surface area contributed by atoms with E-state index in [1.165, 1.54) is 13.0 Å².